The number of aryl methyl sites for hydroxylation is 1. The molecule has 0 radical (unpaired) electrons. The van der Waals surface area contributed by atoms with Gasteiger partial charge in [0.15, 0.2) is 0 Å². The summed E-state index contributed by atoms with van der Waals surface area (Å²) in [6, 6.07) is 5.38. The fraction of sp³-hybridized carbons (Fsp3) is 0.368. The SMILES string of the molecule is Cc1ncsc1C(=O)N1CCC(c2cc(C(=O)NCc3ccco3)n[nH]2)CC1. The van der Waals surface area contributed by atoms with E-state index in [9.17, 15) is 9.59 Å². The highest BCUT2D eigenvalue weighted by Crippen LogP contribution is 2.28. The molecule has 28 heavy (non-hydrogen) atoms. The lowest BCUT2D eigenvalue weighted by Crippen LogP contribution is -2.37. The van der Waals surface area contributed by atoms with Gasteiger partial charge in [0, 0.05) is 24.7 Å². The Hall–Kier alpha value is -2.94. The Bertz CT molecular complexity index is 954. The molecule has 4 rings (SSSR count). The minimum Gasteiger partial charge on any atom is -0.467 e. The smallest absolute Gasteiger partial charge is 0.272 e. The molecule has 3 aromatic heterocycles. The number of carbonyl (C=O) groups is 2. The van der Waals surface area contributed by atoms with Crippen LogP contribution in [0.2, 0.25) is 0 Å². The van der Waals surface area contributed by atoms with Crippen LogP contribution < -0.4 is 5.32 Å². The van der Waals surface area contributed by atoms with E-state index in [-0.39, 0.29) is 17.7 Å². The Labute approximate surface area is 166 Å². The van der Waals surface area contributed by atoms with Gasteiger partial charge in [0.25, 0.3) is 11.8 Å². The molecule has 1 aliphatic heterocycles. The number of carbonyl (C=O) groups excluding carboxylic acids is 2. The molecule has 1 saturated heterocycles. The topological polar surface area (TPSA) is 104 Å². The highest BCUT2D eigenvalue weighted by molar-refractivity contribution is 7.11. The van der Waals surface area contributed by atoms with Crippen molar-refractivity contribution in [3.63, 3.8) is 0 Å². The molecule has 1 fully saturated rings. The minimum absolute atomic E-state index is 0.0565. The Kier molecular flexibility index (Phi) is 5.25. The van der Waals surface area contributed by atoms with Crippen LogP contribution in [-0.2, 0) is 6.54 Å². The summed E-state index contributed by atoms with van der Waals surface area (Å²) in [5, 5.41) is 9.92. The second kappa shape index (κ2) is 7.97. The number of hydrogen-bond donors (Lipinski definition) is 2. The molecule has 1 aliphatic rings. The fourth-order valence-corrected chi connectivity index (χ4v) is 4.15. The number of nitrogens with zero attached hydrogens (tertiary/aromatic N) is 3. The predicted molar refractivity (Wildman–Crippen MR) is 103 cm³/mol. The molecule has 3 aromatic rings. The lowest BCUT2D eigenvalue weighted by Gasteiger charge is -2.31. The number of rotatable bonds is 5. The first kappa shape index (κ1) is 18.4. The number of aromatic amines is 1. The van der Waals surface area contributed by atoms with Gasteiger partial charge in [-0.1, -0.05) is 0 Å². The van der Waals surface area contributed by atoms with Crippen LogP contribution in [0.1, 0.15) is 56.1 Å². The number of likely N-dealkylation sites (tertiary alicyclic amines) is 1. The molecular weight excluding hydrogens is 378 g/mol. The summed E-state index contributed by atoms with van der Waals surface area (Å²) in [7, 11) is 0. The summed E-state index contributed by atoms with van der Waals surface area (Å²) in [4.78, 5) is 31.6. The first-order chi connectivity index (χ1) is 13.6. The number of furan rings is 1. The van der Waals surface area contributed by atoms with Crippen molar-refractivity contribution in [2.75, 3.05) is 13.1 Å². The van der Waals surface area contributed by atoms with Gasteiger partial charge in [0.2, 0.25) is 0 Å². The van der Waals surface area contributed by atoms with Gasteiger partial charge in [0.05, 0.1) is 24.0 Å². The second-order valence-corrected chi connectivity index (χ2v) is 7.66. The fourth-order valence-electron chi connectivity index (χ4n) is 3.38. The summed E-state index contributed by atoms with van der Waals surface area (Å²) in [5.41, 5.74) is 3.79. The molecule has 0 saturated carbocycles. The van der Waals surface area contributed by atoms with E-state index in [1.165, 1.54) is 11.3 Å². The summed E-state index contributed by atoms with van der Waals surface area (Å²) in [6.07, 6.45) is 3.24. The molecule has 2 amide bonds. The normalized spacial score (nSPS) is 15.0. The van der Waals surface area contributed by atoms with E-state index in [0.717, 1.165) is 29.1 Å². The van der Waals surface area contributed by atoms with Crippen molar-refractivity contribution in [3.05, 3.63) is 57.7 Å². The molecule has 0 aliphatic carbocycles. The largest absolute Gasteiger partial charge is 0.467 e. The van der Waals surface area contributed by atoms with Gasteiger partial charge in [-0.05, 0) is 38.0 Å². The van der Waals surface area contributed by atoms with Crippen LogP contribution >= 0.6 is 11.3 Å². The van der Waals surface area contributed by atoms with Crippen molar-refractivity contribution < 1.29 is 14.0 Å². The minimum atomic E-state index is -0.243. The van der Waals surface area contributed by atoms with Gasteiger partial charge >= 0.3 is 0 Å². The number of nitrogens with one attached hydrogen (secondary N) is 2. The van der Waals surface area contributed by atoms with E-state index in [1.807, 2.05) is 11.8 Å². The quantitative estimate of drug-likeness (QED) is 0.686. The lowest BCUT2D eigenvalue weighted by molar-refractivity contribution is 0.0716. The molecule has 9 heteroatoms. The lowest BCUT2D eigenvalue weighted by atomic mass is 9.93. The maximum Gasteiger partial charge on any atom is 0.272 e. The van der Waals surface area contributed by atoms with E-state index in [1.54, 1.807) is 30.0 Å². The van der Waals surface area contributed by atoms with Crippen LogP contribution in [-0.4, -0.2) is 45.0 Å². The number of aromatic nitrogens is 3. The standard InChI is InChI=1S/C19H21N5O3S/c1-12-17(28-11-21-12)19(26)24-6-4-13(5-7-24)15-9-16(23-22-15)18(25)20-10-14-3-2-8-27-14/h2-3,8-9,11,13H,4-7,10H2,1H3,(H,20,25)(H,22,23). The summed E-state index contributed by atoms with van der Waals surface area (Å²) in [5.74, 6) is 0.760. The molecule has 2 N–H and O–H groups in total. The Balaban J connectivity index is 1.32. The predicted octanol–water partition coefficient (Wildman–Crippen LogP) is 2.72. The highest BCUT2D eigenvalue weighted by Gasteiger charge is 2.27. The third kappa shape index (κ3) is 3.84. The number of hydrogen-bond acceptors (Lipinski definition) is 6. The zero-order chi connectivity index (χ0) is 19.5. The van der Waals surface area contributed by atoms with Crippen molar-refractivity contribution in [1.82, 2.24) is 25.4 Å². The van der Waals surface area contributed by atoms with Crippen LogP contribution in [0, 0.1) is 6.92 Å². The number of amides is 2. The van der Waals surface area contributed by atoms with E-state index in [0.29, 0.717) is 31.1 Å². The maximum atomic E-state index is 12.6. The van der Waals surface area contributed by atoms with Crippen LogP contribution in [0.15, 0.2) is 34.4 Å². The average molecular weight is 399 g/mol. The molecule has 146 valence electrons. The summed E-state index contributed by atoms with van der Waals surface area (Å²) < 4.78 is 5.21. The second-order valence-electron chi connectivity index (χ2n) is 6.80. The van der Waals surface area contributed by atoms with Gasteiger partial charge in [0.1, 0.15) is 16.3 Å². The molecule has 0 unspecified atom stereocenters. The van der Waals surface area contributed by atoms with Crippen molar-refractivity contribution >= 4 is 23.2 Å². The van der Waals surface area contributed by atoms with Gasteiger partial charge in [-0.25, -0.2) is 4.98 Å². The monoisotopic (exact) mass is 399 g/mol. The number of H-pyrrole nitrogens is 1. The van der Waals surface area contributed by atoms with E-state index in [2.05, 4.69) is 20.5 Å². The molecule has 4 heterocycles. The van der Waals surface area contributed by atoms with Crippen molar-refractivity contribution in [1.29, 1.82) is 0 Å². The first-order valence-electron chi connectivity index (χ1n) is 9.17. The highest BCUT2D eigenvalue weighted by atomic mass is 32.1. The van der Waals surface area contributed by atoms with Crippen LogP contribution in [0.25, 0.3) is 0 Å². The Morgan fingerprint density at radius 3 is 2.89 bits per heavy atom. The van der Waals surface area contributed by atoms with Crippen molar-refractivity contribution in [2.45, 2.75) is 32.2 Å². The van der Waals surface area contributed by atoms with E-state index in [4.69, 9.17) is 4.42 Å². The molecular formula is C19H21N5O3S. The number of piperidine rings is 1. The number of thiazole rings is 1. The first-order valence-corrected chi connectivity index (χ1v) is 10.0. The molecule has 0 bridgehead atoms. The van der Waals surface area contributed by atoms with Crippen molar-refractivity contribution in [2.24, 2.45) is 0 Å². The molecule has 0 atom stereocenters. The maximum absolute atomic E-state index is 12.6. The summed E-state index contributed by atoms with van der Waals surface area (Å²) >= 11 is 1.39. The Morgan fingerprint density at radius 2 is 2.21 bits per heavy atom. The zero-order valence-corrected chi connectivity index (χ0v) is 16.3. The van der Waals surface area contributed by atoms with Gasteiger partial charge in [-0.2, -0.15) is 5.10 Å². The van der Waals surface area contributed by atoms with Crippen LogP contribution in [0.3, 0.4) is 0 Å². The van der Waals surface area contributed by atoms with E-state index < -0.39 is 0 Å². The third-order valence-corrected chi connectivity index (χ3v) is 5.91. The average Bonchev–Trinajstić information content (AvgIpc) is 3.47. The van der Waals surface area contributed by atoms with Crippen LogP contribution in [0.4, 0.5) is 0 Å². The summed E-state index contributed by atoms with van der Waals surface area (Å²) in [6.45, 7) is 3.55. The van der Waals surface area contributed by atoms with Gasteiger partial charge in [-0.15, -0.1) is 11.3 Å². The van der Waals surface area contributed by atoms with Crippen molar-refractivity contribution in [3.8, 4) is 0 Å². The third-order valence-electron chi connectivity index (χ3n) is 5.00. The van der Waals surface area contributed by atoms with Gasteiger partial charge in [-0.3, -0.25) is 14.7 Å². The van der Waals surface area contributed by atoms with Gasteiger partial charge < -0.3 is 14.6 Å². The molecule has 8 nitrogen and oxygen atoms in total. The molecule has 0 aromatic carbocycles. The van der Waals surface area contributed by atoms with E-state index >= 15 is 0 Å². The molecule has 0 spiro atoms. The Morgan fingerprint density at radius 1 is 1.39 bits per heavy atom. The zero-order valence-electron chi connectivity index (χ0n) is 15.5. The van der Waals surface area contributed by atoms with Crippen LogP contribution in [0.5, 0.6) is 0 Å².